The van der Waals surface area contributed by atoms with E-state index in [9.17, 15) is 4.79 Å². The van der Waals surface area contributed by atoms with Crippen molar-refractivity contribution in [3.05, 3.63) is 22.7 Å². The molecule has 0 amide bonds. The van der Waals surface area contributed by atoms with E-state index in [0.717, 1.165) is 0 Å². The summed E-state index contributed by atoms with van der Waals surface area (Å²) in [5.41, 5.74) is 0. The van der Waals surface area contributed by atoms with Gasteiger partial charge in [0.2, 0.25) is 0 Å². The van der Waals surface area contributed by atoms with E-state index in [1.165, 1.54) is 7.11 Å². The number of benzene rings is 1. The second-order valence-electron chi connectivity index (χ2n) is 2.60. The first kappa shape index (κ1) is 11.0. The highest BCUT2D eigenvalue weighted by Gasteiger charge is 2.11. The maximum Gasteiger partial charge on any atom is 0.311 e. The van der Waals surface area contributed by atoms with E-state index in [1.807, 2.05) is 6.07 Å². The van der Waals surface area contributed by atoms with E-state index >= 15 is 0 Å². The fourth-order valence-corrected chi connectivity index (χ4v) is 1.36. The minimum absolute atomic E-state index is 0.282. The Balaban J connectivity index is 2.98. The maximum atomic E-state index is 11.1. The van der Waals surface area contributed by atoms with Crippen LogP contribution in [0.2, 0.25) is 0 Å². The molecule has 1 aromatic rings. The van der Waals surface area contributed by atoms with Gasteiger partial charge in [-0.15, -0.1) is 0 Å². The van der Waals surface area contributed by atoms with Gasteiger partial charge in [-0.1, -0.05) is 13.0 Å². The third-order valence-electron chi connectivity index (χ3n) is 1.66. The summed E-state index contributed by atoms with van der Waals surface area (Å²) in [6, 6.07) is 5.34. The third-order valence-corrected chi connectivity index (χ3v) is 2.28. The molecule has 0 aliphatic carbocycles. The standard InChI is InChI=1S/C10H11BrO3/c1-3-9(12)14-10-7(11)5-4-6-8(10)13-2/h4-6H,3H2,1-2H3. The van der Waals surface area contributed by atoms with Crippen LogP contribution < -0.4 is 9.47 Å². The number of halogens is 1. The number of carbonyl (C=O) groups excluding carboxylic acids is 1. The fraction of sp³-hybridized carbons (Fsp3) is 0.300. The highest BCUT2D eigenvalue weighted by Crippen LogP contribution is 2.34. The van der Waals surface area contributed by atoms with E-state index in [1.54, 1.807) is 19.1 Å². The van der Waals surface area contributed by atoms with Gasteiger partial charge in [0, 0.05) is 6.42 Å². The zero-order chi connectivity index (χ0) is 10.6. The summed E-state index contributed by atoms with van der Waals surface area (Å²) in [6.07, 6.45) is 0.338. The zero-order valence-corrected chi connectivity index (χ0v) is 9.63. The molecule has 0 aliphatic rings. The molecule has 0 fully saturated rings. The molecule has 0 spiro atoms. The molecule has 0 saturated heterocycles. The average molecular weight is 259 g/mol. The Bertz CT molecular complexity index is 336. The molecule has 1 aromatic carbocycles. The van der Waals surface area contributed by atoms with Crippen LogP contribution in [-0.2, 0) is 4.79 Å². The summed E-state index contributed by atoms with van der Waals surface area (Å²) in [7, 11) is 1.53. The molecule has 0 bridgehead atoms. The van der Waals surface area contributed by atoms with Crippen molar-refractivity contribution < 1.29 is 14.3 Å². The number of ether oxygens (including phenoxy) is 2. The van der Waals surface area contributed by atoms with Gasteiger partial charge in [-0.25, -0.2) is 0 Å². The van der Waals surface area contributed by atoms with Gasteiger partial charge in [0.25, 0.3) is 0 Å². The number of esters is 1. The van der Waals surface area contributed by atoms with Crippen LogP contribution in [-0.4, -0.2) is 13.1 Å². The lowest BCUT2D eigenvalue weighted by Gasteiger charge is -2.09. The molecule has 0 aliphatic heterocycles. The van der Waals surface area contributed by atoms with Crippen LogP contribution in [0.3, 0.4) is 0 Å². The van der Waals surface area contributed by atoms with Gasteiger partial charge in [-0.3, -0.25) is 4.79 Å². The Morgan fingerprint density at radius 3 is 2.79 bits per heavy atom. The van der Waals surface area contributed by atoms with E-state index in [-0.39, 0.29) is 5.97 Å². The van der Waals surface area contributed by atoms with E-state index < -0.39 is 0 Å². The Morgan fingerprint density at radius 2 is 2.21 bits per heavy atom. The molecular weight excluding hydrogens is 248 g/mol. The zero-order valence-electron chi connectivity index (χ0n) is 8.04. The number of methoxy groups -OCH3 is 1. The van der Waals surface area contributed by atoms with Crippen molar-refractivity contribution >= 4 is 21.9 Å². The molecule has 0 heterocycles. The average Bonchev–Trinajstić information content (AvgIpc) is 2.20. The van der Waals surface area contributed by atoms with Crippen LogP contribution >= 0.6 is 15.9 Å². The van der Waals surface area contributed by atoms with E-state index in [4.69, 9.17) is 9.47 Å². The van der Waals surface area contributed by atoms with Gasteiger partial charge in [0.05, 0.1) is 11.6 Å². The van der Waals surface area contributed by atoms with Crippen LogP contribution in [0.1, 0.15) is 13.3 Å². The predicted octanol–water partition coefficient (Wildman–Crippen LogP) is 2.77. The molecule has 76 valence electrons. The molecular formula is C10H11BrO3. The highest BCUT2D eigenvalue weighted by molar-refractivity contribution is 9.10. The number of carbonyl (C=O) groups is 1. The summed E-state index contributed by atoms with van der Waals surface area (Å²) in [4.78, 5) is 11.1. The summed E-state index contributed by atoms with van der Waals surface area (Å²) in [5, 5.41) is 0. The van der Waals surface area contributed by atoms with Crippen LogP contribution in [0, 0.1) is 0 Å². The molecule has 1 rings (SSSR count). The van der Waals surface area contributed by atoms with Crippen molar-refractivity contribution in [2.45, 2.75) is 13.3 Å². The first-order valence-electron chi connectivity index (χ1n) is 4.22. The van der Waals surface area contributed by atoms with Crippen molar-refractivity contribution in [1.29, 1.82) is 0 Å². The second-order valence-corrected chi connectivity index (χ2v) is 3.45. The summed E-state index contributed by atoms with van der Waals surface area (Å²) in [5.74, 6) is 0.693. The molecule has 0 N–H and O–H groups in total. The van der Waals surface area contributed by atoms with Crippen molar-refractivity contribution in [1.82, 2.24) is 0 Å². The van der Waals surface area contributed by atoms with Gasteiger partial charge in [0.1, 0.15) is 0 Å². The first-order chi connectivity index (χ1) is 6.69. The van der Waals surface area contributed by atoms with Gasteiger partial charge in [-0.05, 0) is 28.1 Å². The van der Waals surface area contributed by atoms with Gasteiger partial charge in [-0.2, -0.15) is 0 Å². The predicted molar refractivity (Wildman–Crippen MR) is 56.6 cm³/mol. The van der Waals surface area contributed by atoms with Crippen LogP contribution in [0.5, 0.6) is 11.5 Å². The third kappa shape index (κ3) is 2.48. The summed E-state index contributed by atoms with van der Waals surface area (Å²) < 4.78 is 10.9. The SMILES string of the molecule is CCC(=O)Oc1c(Br)cccc1OC. The van der Waals surface area contributed by atoms with Gasteiger partial charge in [0.15, 0.2) is 11.5 Å². The topological polar surface area (TPSA) is 35.5 Å². The highest BCUT2D eigenvalue weighted by atomic mass is 79.9. The smallest absolute Gasteiger partial charge is 0.311 e. The van der Waals surface area contributed by atoms with Crippen molar-refractivity contribution in [3.8, 4) is 11.5 Å². The molecule has 0 unspecified atom stereocenters. The molecule has 4 heteroatoms. The van der Waals surface area contributed by atoms with Crippen LogP contribution in [0.4, 0.5) is 0 Å². The Hall–Kier alpha value is -1.03. The molecule has 3 nitrogen and oxygen atoms in total. The maximum absolute atomic E-state index is 11.1. The fourth-order valence-electron chi connectivity index (χ4n) is 0.935. The Labute approximate surface area is 91.1 Å². The summed E-state index contributed by atoms with van der Waals surface area (Å²) >= 11 is 3.29. The number of para-hydroxylation sites is 1. The lowest BCUT2D eigenvalue weighted by Crippen LogP contribution is -2.07. The normalized spacial score (nSPS) is 9.64. The quantitative estimate of drug-likeness (QED) is 0.618. The second kappa shape index (κ2) is 5.00. The Kier molecular flexibility index (Phi) is 3.95. The largest absolute Gasteiger partial charge is 0.493 e. The summed E-state index contributed by atoms with van der Waals surface area (Å²) in [6.45, 7) is 1.74. The van der Waals surface area contributed by atoms with Crippen LogP contribution in [0.15, 0.2) is 22.7 Å². The Morgan fingerprint density at radius 1 is 1.50 bits per heavy atom. The molecule has 0 radical (unpaired) electrons. The van der Waals surface area contributed by atoms with Crippen molar-refractivity contribution in [2.75, 3.05) is 7.11 Å². The van der Waals surface area contributed by atoms with Crippen molar-refractivity contribution in [3.63, 3.8) is 0 Å². The molecule has 0 saturated carbocycles. The molecule has 14 heavy (non-hydrogen) atoms. The lowest BCUT2D eigenvalue weighted by atomic mass is 10.3. The minimum Gasteiger partial charge on any atom is -0.493 e. The number of hydrogen-bond donors (Lipinski definition) is 0. The minimum atomic E-state index is -0.282. The van der Waals surface area contributed by atoms with Crippen LogP contribution in [0.25, 0.3) is 0 Å². The van der Waals surface area contributed by atoms with E-state index in [2.05, 4.69) is 15.9 Å². The first-order valence-corrected chi connectivity index (χ1v) is 5.01. The van der Waals surface area contributed by atoms with Gasteiger partial charge >= 0.3 is 5.97 Å². The monoisotopic (exact) mass is 258 g/mol. The lowest BCUT2D eigenvalue weighted by molar-refractivity contribution is -0.134. The van der Waals surface area contributed by atoms with E-state index in [0.29, 0.717) is 22.4 Å². The van der Waals surface area contributed by atoms with Gasteiger partial charge < -0.3 is 9.47 Å². The number of hydrogen-bond acceptors (Lipinski definition) is 3. The molecule has 0 aromatic heterocycles. The van der Waals surface area contributed by atoms with Crippen molar-refractivity contribution in [2.24, 2.45) is 0 Å². The molecule has 0 atom stereocenters. The number of rotatable bonds is 3.